The van der Waals surface area contributed by atoms with Gasteiger partial charge in [-0.05, 0) is 122 Å². The average Bonchev–Trinajstić information content (AvgIpc) is 0.742. The minimum absolute atomic E-state index is 0. The number of pyridine rings is 1. The van der Waals surface area contributed by atoms with Crippen LogP contribution in [0.5, 0.6) is 5.75 Å². The average molecular weight is 1150 g/mol. The van der Waals surface area contributed by atoms with Gasteiger partial charge in [0.2, 0.25) is 0 Å². The molecule has 1 aliphatic rings. The summed E-state index contributed by atoms with van der Waals surface area (Å²) in [6.07, 6.45) is 3.74. The van der Waals surface area contributed by atoms with Crippen LogP contribution in [-0.2, 0) is 42.7 Å². The second-order valence-corrected chi connectivity index (χ2v) is 21.4. The third-order valence-electron chi connectivity index (χ3n) is 13.4. The maximum atomic E-state index is 13.3. The van der Waals surface area contributed by atoms with Gasteiger partial charge in [0, 0.05) is 70.1 Å². The van der Waals surface area contributed by atoms with Gasteiger partial charge in [-0.2, -0.15) is 0 Å². The number of hydrogen-bond acceptors (Lipinski definition) is 3. The Morgan fingerprint density at radius 3 is 2.00 bits per heavy atom. The Labute approximate surface area is 474 Å². The van der Waals surface area contributed by atoms with Gasteiger partial charge in [0.05, 0.1) is 30.5 Å². The first-order valence-electron chi connectivity index (χ1n) is 36.0. The molecule has 1 saturated carbocycles. The monoisotopic (exact) mass is 1140 g/mol. The van der Waals surface area contributed by atoms with E-state index in [0.717, 1.165) is 18.4 Å². The Morgan fingerprint density at radius 1 is 0.662 bits per heavy atom. The summed E-state index contributed by atoms with van der Waals surface area (Å²) in [6.45, 7) is -10.4. The molecule has 0 spiro atoms. The van der Waals surface area contributed by atoms with Gasteiger partial charge in [0.1, 0.15) is 11.6 Å². The van der Waals surface area contributed by atoms with E-state index in [1.807, 2.05) is 47.6 Å². The number of benzene rings is 6. The number of rotatable bonds is 7. The first-order chi connectivity index (χ1) is 43.2. The second kappa shape index (κ2) is 19.1. The van der Waals surface area contributed by atoms with Crippen LogP contribution in [0.1, 0.15) is 190 Å². The van der Waals surface area contributed by atoms with Crippen LogP contribution in [0.3, 0.4) is 0 Å². The Kier molecular flexibility index (Phi) is 7.71. The van der Waals surface area contributed by atoms with Gasteiger partial charge in [-0.25, -0.2) is 4.98 Å². The summed E-state index contributed by atoms with van der Waals surface area (Å²) >= 11 is 0. The van der Waals surface area contributed by atoms with Gasteiger partial charge in [-0.3, -0.25) is 9.55 Å². The molecule has 9 rings (SSSR count). The molecule has 370 valence electrons. The smallest absolute Gasteiger partial charge is 0.148 e. The molecule has 0 atom stereocenters. The van der Waals surface area contributed by atoms with Crippen molar-refractivity contribution in [2.45, 2.75) is 150 Å². The van der Waals surface area contributed by atoms with Crippen molar-refractivity contribution in [1.82, 2.24) is 14.5 Å². The zero-order chi connectivity index (χ0) is 71.3. The quantitative estimate of drug-likeness (QED) is 0.162. The van der Waals surface area contributed by atoms with Crippen molar-refractivity contribution in [1.29, 1.82) is 0 Å². The molecule has 4 nitrogen and oxygen atoms in total. The Morgan fingerprint density at radius 2 is 1.34 bits per heavy atom. The van der Waals surface area contributed by atoms with Crippen LogP contribution >= 0.6 is 0 Å². The summed E-state index contributed by atoms with van der Waals surface area (Å²) in [5.74, 6) is -3.58. The number of fused-ring (bicyclic) bond motifs is 1. The summed E-state index contributed by atoms with van der Waals surface area (Å²) in [5.41, 5.74) is -12.1. The van der Waals surface area contributed by atoms with Crippen LogP contribution in [0.25, 0.3) is 72.7 Å². The van der Waals surface area contributed by atoms with Crippen molar-refractivity contribution in [3.8, 4) is 67.5 Å². The third-order valence-corrected chi connectivity index (χ3v) is 13.4. The van der Waals surface area contributed by atoms with Crippen molar-refractivity contribution in [2.24, 2.45) is 5.41 Å². The molecule has 0 saturated heterocycles. The molecular formula is C66H74N3OPt-. The van der Waals surface area contributed by atoms with Crippen molar-refractivity contribution in [3.05, 3.63) is 167 Å². The molecule has 0 radical (unpaired) electrons. The predicted octanol–water partition coefficient (Wildman–Crippen LogP) is 18.1. The van der Waals surface area contributed by atoms with Crippen molar-refractivity contribution < 1.29 is 60.4 Å². The van der Waals surface area contributed by atoms with E-state index in [1.165, 1.54) is 29.0 Å². The molecule has 1 N–H and O–H groups in total. The van der Waals surface area contributed by atoms with E-state index in [9.17, 15) is 13.3 Å². The molecule has 8 aromatic rings. The zero-order valence-electron chi connectivity index (χ0n) is 66.2. The number of aromatic hydroxyl groups is 1. The molecule has 5 heteroatoms. The third kappa shape index (κ3) is 10.7. The van der Waals surface area contributed by atoms with Gasteiger partial charge in [0.15, 0.2) is 0 Å². The maximum absolute atomic E-state index is 13.3. The summed E-state index contributed by atoms with van der Waals surface area (Å²) < 4.78 is 228. The number of hydrogen-bond donors (Lipinski definition) is 1. The number of imidazole rings is 1. The van der Waals surface area contributed by atoms with Crippen LogP contribution in [0.15, 0.2) is 133 Å². The Bertz CT molecular complexity index is 4150. The molecule has 0 amide bonds. The molecule has 2 heterocycles. The number of phenols is 1. The molecule has 6 aromatic carbocycles. The molecule has 0 unspecified atom stereocenters. The number of para-hydroxylation sites is 1. The van der Waals surface area contributed by atoms with E-state index in [0.29, 0.717) is 35.1 Å². The molecule has 2 aromatic heterocycles. The first-order valence-corrected chi connectivity index (χ1v) is 23.5. The van der Waals surface area contributed by atoms with E-state index in [1.54, 1.807) is 66.7 Å². The SMILES string of the molecule is [2H]c1cc(C2([2H])CCC(C)(C)CC2)cc([2H])c1-c1c([2H])cnc(-c2[c-]c(-c3cccc4c3nc(-c3c([2H])c(C(C([2H])([2H])[2H])(C([2H])([2H])[2H])C([2H])([2H])[2H])c([2H])c(C(C([2H])([2H])[2H])(C([2H])([2H])[2H])C([2H])([2H])[2H])c3O)n4-c3ccc(C(C)(C)C)cc3-c3ccccc3)cc(C(C)(C)C)c2)c1[2H].[Pt]. The van der Waals surface area contributed by atoms with Gasteiger partial charge >= 0.3 is 0 Å². The largest absolute Gasteiger partial charge is 0.507 e. The molecular weight excluding hydrogens is 1050 g/mol. The van der Waals surface area contributed by atoms with Crippen molar-refractivity contribution in [2.75, 3.05) is 0 Å². The second-order valence-electron chi connectivity index (χ2n) is 21.4. The van der Waals surface area contributed by atoms with E-state index in [2.05, 4.69) is 24.9 Å². The van der Waals surface area contributed by atoms with E-state index in [-0.39, 0.29) is 101 Å². The Balaban J connectivity index is 0.0000118. The minimum Gasteiger partial charge on any atom is -0.507 e. The topological polar surface area (TPSA) is 50.9 Å². The fourth-order valence-corrected chi connectivity index (χ4v) is 9.06. The molecule has 0 bridgehead atoms. The first kappa shape index (κ1) is 28.6. The van der Waals surface area contributed by atoms with Gasteiger partial charge in [-0.15, -0.1) is 29.3 Å². The van der Waals surface area contributed by atoms with Crippen LogP contribution in [-0.4, -0.2) is 19.6 Å². The van der Waals surface area contributed by atoms with Crippen molar-refractivity contribution in [3.63, 3.8) is 0 Å². The van der Waals surface area contributed by atoms with Crippen LogP contribution in [0.4, 0.5) is 0 Å². The minimum atomic E-state index is -4.49. The Hall–Kier alpha value is -5.57. The molecule has 1 fully saturated rings. The normalized spacial score (nSPS) is 21.3. The number of phenolic OH excluding ortho intramolecular Hbond substituents is 1. The standard InChI is InChI=1S/C66H74N3O.Pt/c1-62(2,3)49-27-28-57(53(39-49)45-19-16-15-17-20-45)69-58-22-18-21-52(59(58)68-61(69)54-40-51(64(7,8)9)41-55(60(54)70)65(10,11)12)47-35-48(37-50(36-47)63(4,5)6)56-38-46(31-34-67-56)43-25-23-42(24-26-43)44-29-32-66(13,14)33-30-44;/h15-28,31,34,36-41,44,70H,29-30,32-33H2,1-14H3;/q-1;/i7D3,8D3,9D3,10D3,11D3,12D3,25D,26D,31D,38D,40D,41D,44D;. The summed E-state index contributed by atoms with van der Waals surface area (Å²) in [6, 6.07) is 24.0. The summed E-state index contributed by atoms with van der Waals surface area (Å²) in [4.78, 5) is 9.68. The predicted molar refractivity (Wildman–Crippen MR) is 296 cm³/mol. The fraction of sp³-hybridized carbons (Fsp3) is 0.364. The van der Waals surface area contributed by atoms with E-state index in [4.69, 9.17) is 31.0 Å². The molecule has 71 heavy (non-hydrogen) atoms. The van der Waals surface area contributed by atoms with Crippen LogP contribution in [0, 0.1) is 11.5 Å². The van der Waals surface area contributed by atoms with Crippen LogP contribution in [0.2, 0.25) is 0 Å². The van der Waals surface area contributed by atoms with Crippen LogP contribution < -0.4 is 0 Å². The van der Waals surface area contributed by atoms with E-state index < -0.39 is 109 Å². The number of nitrogens with zero attached hydrogens (tertiary/aromatic N) is 3. The van der Waals surface area contributed by atoms with Gasteiger partial charge in [0.25, 0.3) is 0 Å². The fourth-order valence-electron chi connectivity index (χ4n) is 9.06. The number of aromatic nitrogens is 3. The zero-order valence-corrected chi connectivity index (χ0v) is 43.4. The van der Waals surface area contributed by atoms with E-state index >= 15 is 0 Å². The maximum Gasteiger partial charge on any atom is 0.148 e. The summed E-state index contributed by atoms with van der Waals surface area (Å²) in [5, 5.41) is 13.3. The van der Waals surface area contributed by atoms with Crippen molar-refractivity contribution >= 4 is 11.0 Å². The van der Waals surface area contributed by atoms with Gasteiger partial charge < -0.3 is 5.11 Å². The summed E-state index contributed by atoms with van der Waals surface area (Å²) in [7, 11) is 0. The molecule has 0 aliphatic heterocycles. The molecule has 1 aliphatic carbocycles. The van der Waals surface area contributed by atoms with Gasteiger partial charge in [-0.1, -0.05) is 192 Å².